The van der Waals surface area contributed by atoms with Crippen LogP contribution in [0.3, 0.4) is 0 Å². The number of para-hydroxylation sites is 1. The van der Waals surface area contributed by atoms with Crippen molar-refractivity contribution in [2.45, 2.75) is 126 Å². The van der Waals surface area contributed by atoms with E-state index in [-0.39, 0.29) is 82.2 Å². The smallest absolute Gasteiger partial charge is 0.303 e. The number of unbranched alkanes of at least 4 members (excludes halogenated alkanes) is 1. The number of nitrogens with two attached hydrogens (primary N) is 4. The second-order valence-electron chi connectivity index (χ2n) is 21.1. The second-order valence-corrected chi connectivity index (χ2v) is 23.7. The largest absolute Gasteiger partial charge is 0.481 e. The SMILES string of the molecule is CC(=O)N[C@H]1CSSC[C@@H](C(=O)N[C@@H](CCCCN)C(=O)N2CC[C@H](C(N)=O)C2)NC(=O)[C@H](Cc2c[nH]c3ccccc23)NC(=O)[C@H](CCCN=C(N)N)NC(=O)[C@H](Cc2ccccc2)NC(=O)[C@H](Cc2cnc[nH]2)NC(=O)[C@H](CCC(=O)O)NC1=O. The Hall–Kier alpha value is -8.71. The Balaban J connectivity index is 1.44. The molecule has 2 fully saturated rings. The van der Waals surface area contributed by atoms with Gasteiger partial charge in [-0.15, -0.1) is 0 Å². The number of aliphatic carboxylic acids is 1. The number of carbonyl (C=O) groups excluding carboxylic acids is 10. The summed E-state index contributed by atoms with van der Waals surface area (Å²) in [6.07, 6.45) is 3.98. The van der Waals surface area contributed by atoms with Gasteiger partial charge in [0.25, 0.3) is 0 Å². The molecule has 0 aliphatic carbocycles. The number of rotatable bonds is 22. The number of hydrogen-bond donors (Lipinski definition) is 15. The summed E-state index contributed by atoms with van der Waals surface area (Å²) in [5, 5.41) is 32.0. The zero-order chi connectivity index (χ0) is 63.0. The van der Waals surface area contributed by atoms with Crippen LogP contribution in [0.5, 0.6) is 0 Å². The summed E-state index contributed by atoms with van der Waals surface area (Å²) in [7, 11) is 1.95. The van der Waals surface area contributed by atoms with Gasteiger partial charge >= 0.3 is 5.97 Å². The molecule has 2 saturated heterocycles. The average Bonchev–Trinajstić information content (AvgIpc) is 3.08. The molecule has 2 aromatic carbocycles. The third kappa shape index (κ3) is 21.3. The minimum Gasteiger partial charge on any atom is -0.481 e. The number of aliphatic imine (C=N–C) groups is 1. The lowest BCUT2D eigenvalue weighted by atomic mass is 10.0. The number of likely N-dealkylation sites (tertiary alicyclic amines) is 1. The molecule has 2 aliphatic heterocycles. The summed E-state index contributed by atoms with van der Waals surface area (Å²) < 4.78 is 0. The van der Waals surface area contributed by atoms with Crippen molar-refractivity contribution in [2.24, 2.45) is 33.8 Å². The van der Waals surface area contributed by atoms with E-state index >= 15 is 9.59 Å². The van der Waals surface area contributed by atoms with Crippen LogP contribution in [0.1, 0.15) is 75.1 Å². The molecule has 0 spiro atoms. The van der Waals surface area contributed by atoms with Gasteiger partial charge in [0.05, 0.1) is 12.2 Å². The molecular formula is C56H77N17O12S2. The molecule has 4 aromatic rings. The van der Waals surface area contributed by atoms with Crippen molar-refractivity contribution in [3.8, 4) is 0 Å². The van der Waals surface area contributed by atoms with Gasteiger partial charge in [-0.1, -0.05) is 70.1 Å². The van der Waals surface area contributed by atoms with Crippen LogP contribution in [0.4, 0.5) is 0 Å². The van der Waals surface area contributed by atoms with Crippen LogP contribution in [-0.2, 0) is 72.0 Å². The molecule has 0 unspecified atom stereocenters. The first-order valence-corrected chi connectivity index (χ1v) is 30.9. The Kier molecular flexibility index (Phi) is 26.2. The lowest BCUT2D eigenvalue weighted by Gasteiger charge is -2.28. The van der Waals surface area contributed by atoms with Crippen LogP contribution in [0.15, 0.2) is 78.3 Å². The van der Waals surface area contributed by atoms with E-state index in [0.717, 1.165) is 28.5 Å². The fraction of sp³-hybridized carbons (Fsp3) is 0.482. The predicted molar refractivity (Wildman–Crippen MR) is 324 cm³/mol. The molecule has 29 nitrogen and oxygen atoms in total. The monoisotopic (exact) mass is 1240 g/mol. The zero-order valence-corrected chi connectivity index (χ0v) is 49.7. The van der Waals surface area contributed by atoms with E-state index in [0.29, 0.717) is 47.0 Å². The second kappa shape index (κ2) is 33.8. The van der Waals surface area contributed by atoms with Gasteiger partial charge in [0.1, 0.15) is 48.3 Å². The van der Waals surface area contributed by atoms with Crippen LogP contribution in [0.2, 0.25) is 0 Å². The topological polar surface area (TPSA) is 468 Å². The number of nitrogens with one attached hydrogen (secondary N) is 10. The summed E-state index contributed by atoms with van der Waals surface area (Å²) in [6.45, 7) is 1.65. The highest BCUT2D eigenvalue weighted by Gasteiger charge is 2.38. The number of hydrogen-bond acceptors (Lipinski definition) is 16. The number of H-pyrrole nitrogens is 2. The molecule has 470 valence electrons. The molecule has 0 radical (unpaired) electrons. The summed E-state index contributed by atoms with van der Waals surface area (Å²) in [5.41, 5.74) is 24.9. The van der Waals surface area contributed by atoms with Gasteiger partial charge in [-0.3, -0.25) is 57.7 Å². The van der Waals surface area contributed by atoms with Crippen molar-refractivity contribution in [2.75, 3.05) is 37.7 Å². The van der Waals surface area contributed by atoms with Gasteiger partial charge in [0.15, 0.2) is 5.96 Å². The Morgan fingerprint density at radius 1 is 0.736 bits per heavy atom. The van der Waals surface area contributed by atoms with E-state index in [1.165, 1.54) is 17.4 Å². The van der Waals surface area contributed by atoms with E-state index in [1.807, 2.05) is 6.07 Å². The Bertz CT molecular complexity index is 3070. The van der Waals surface area contributed by atoms with Gasteiger partial charge in [0.2, 0.25) is 59.1 Å². The first-order chi connectivity index (χ1) is 41.7. The van der Waals surface area contributed by atoms with Crippen LogP contribution >= 0.6 is 21.6 Å². The quantitative estimate of drug-likeness (QED) is 0.0169. The molecule has 0 bridgehead atoms. The van der Waals surface area contributed by atoms with Gasteiger partial charge in [0, 0.05) is 92.7 Å². The summed E-state index contributed by atoms with van der Waals surface area (Å²) in [5.74, 6) is -10.7. The Labute approximate surface area is 509 Å². The number of guanidine groups is 1. The fourth-order valence-electron chi connectivity index (χ4n) is 9.84. The molecule has 6 rings (SSSR count). The normalized spacial score (nSPS) is 22.5. The van der Waals surface area contributed by atoms with E-state index in [4.69, 9.17) is 22.9 Å². The molecule has 0 saturated carbocycles. The zero-order valence-electron chi connectivity index (χ0n) is 48.1. The molecule has 87 heavy (non-hydrogen) atoms. The van der Waals surface area contributed by atoms with Crippen molar-refractivity contribution in [3.63, 3.8) is 0 Å². The van der Waals surface area contributed by atoms with Gasteiger partial charge < -0.3 is 85.4 Å². The number of aromatic nitrogens is 3. The maximum absolute atomic E-state index is 15.1. The highest BCUT2D eigenvalue weighted by atomic mass is 33.1. The van der Waals surface area contributed by atoms with E-state index in [2.05, 4.69) is 62.5 Å². The van der Waals surface area contributed by atoms with Crippen LogP contribution in [-0.4, -0.2) is 182 Å². The Morgan fingerprint density at radius 2 is 1.36 bits per heavy atom. The van der Waals surface area contributed by atoms with Crippen molar-refractivity contribution in [1.82, 2.24) is 62.4 Å². The van der Waals surface area contributed by atoms with Crippen LogP contribution < -0.4 is 65.5 Å². The number of amides is 10. The van der Waals surface area contributed by atoms with Crippen LogP contribution in [0.25, 0.3) is 10.9 Å². The van der Waals surface area contributed by atoms with Crippen molar-refractivity contribution in [1.29, 1.82) is 0 Å². The third-order valence-corrected chi connectivity index (χ3v) is 16.9. The van der Waals surface area contributed by atoms with Crippen molar-refractivity contribution >= 4 is 103 Å². The van der Waals surface area contributed by atoms with E-state index < -0.39 is 132 Å². The fourth-order valence-corrected chi connectivity index (χ4v) is 12.2. The maximum atomic E-state index is 15.1. The number of carboxylic acids is 1. The third-order valence-electron chi connectivity index (χ3n) is 14.5. The molecular weight excluding hydrogens is 1170 g/mol. The summed E-state index contributed by atoms with van der Waals surface area (Å²) in [4.78, 5) is 170. The molecule has 9 atom stereocenters. The van der Waals surface area contributed by atoms with E-state index in [9.17, 15) is 48.3 Å². The molecule has 19 N–H and O–H groups in total. The minimum absolute atomic E-state index is 0.00550. The average molecular weight is 1240 g/mol. The molecule has 10 amide bonds. The number of carboxylic acid groups (broad SMARTS) is 1. The van der Waals surface area contributed by atoms with Crippen molar-refractivity contribution in [3.05, 3.63) is 90.1 Å². The molecule has 4 heterocycles. The van der Waals surface area contributed by atoms with Gasteiger partial charge in [-0.25, -0.2) is 4.98 Å². The summed E-state index contributed by atoms with van der Waals surface area (Å²) in [6, 6.07) is 4.13. The Morgan fingerprint density at radius 3 is 2.00 bits per heavy atom. The number of imidazole rings is 1. The number of nitrogens with zero attached hydrogens (tertiary/aromatic N) is 3. The highest BCUT2D eigenvalue weighted by molar-refractivity contribution is 8.76. The lowest BCUT2D eigenvalue weighted by Crippen LogP contribution is -2.61. The molecule has 2 aromatic heterocycles. The first-order valence-electron chi connectivity index (χ1n) is 28.4. The highest BCUT2D eigenvalue weighted by Crippen LogP contribution is 2.25. The van der Waals surface area contributed by atoms with E-state index in [1.54, 1.807) is 54.7 Å². The molecule has 2 aliphatic rings. The van der Waals surface area contributed by atoms with Gasteiger partial charge in [-0.05, 0) is 68.7 Å². The number of fused-ring (bicyclic) bond motifs is 1. The minimum atomic E-state index is -1.62. The summed E-state index contributed by atoms with van der Waals surface area (Å²) >= 11 is 0. The van der Waals surface area contributed by atoms with Crippen molar-refractivity contribution < 1.29 is 57.8 Å². The first kappa shape index (κ1) is 67.4. The lowest BCUT2D eigenvalue weighted by molar-refractivity contribution is -0.138. The maximum Gasteiger partial charge on any atom is 0.303 e. The predicted octanol–water partition coefficient (Wildman–Crippen LogP) is -2.41. The molecule has 31 heteroatoms. The van der Waals surface area contributed by atoms with Crippen LogP contribution in [0, 0.1) is 5.92 Å². The van der Waals surface area contributed by atoms with Gasteiger partial charge in [-0.2, -0.15) is 0 Å². The number of benzene rings is 2. The standard InChI is InChI=1S/C56H77N17O12S2/c1-31(74)65-44-28-86-87-29-45(54(84)68-40(14-7-8-19-57)55(85)73-21-18-33(27-73)47(58)77)72-51(81)42(23-34-25-63-37-13-6-5-12-36(34)37)70-48(78)38(15-9-20-62-56(59)60)66-50(80)41(22-32-10-3-2-4-11-32)69-52(82)43(24-35-26-61-30-64-35)71-49(79)39(67-53(44)83)16-17-46(75)76/h2-6,10-13,25-26,30,33,38-45,63H,7-9,14-24,27-29,57H2,1H3,(H2,58,77)(H,61,64)(H,65,74)(H,66,80)(H,67,83)(H,68,84)(H,69,82)(H,70,78)(H,71,79)(H,72,81)(H,75,76)(H4,59,60,62)/t33-,38-,39-,40-,41-,42-,43-,44-,45-/m0/s1. The number of carbonyl (C=O) groups is 11. The number of aromatic amines is 2. The number of primary amides is 1.